The molecule has 0 radical (unpaired) electrons. The number of hydrogen-bond donors (Lipinski definition) is 1. The van der Waals surface area contributed by atoms with Crippen molar-refractivity contribution < 1.29 is 9.59 Å². The molecule has 1 aliphatic heterocycles. The number of piperazine rings is 1. The Morgan fingerprint density at radius 3 is 2.14 bits per heavy atom. The summed E-state index contributed by atoms with van der Waals surface area (Å²) >= 11 is 0. The van der Waals surface area contributed by atoms with Gasteiger partial charge in [0, 0.05) is 64.0 Å². The zero-order valence-electron chi connectivity index (χ0n) is 17.4. The second kappa shape index (κ2) is 8.46. The van der Waals surface area contributed by atoms with Gasteiger partial charge in [0.05, 0.1) is 0 Å². The summed E-state index contributed by atoms with van der Waals surface area (Å²) in [7, 11) is 3.91. The normalized spacial score (nSPS) is 14.5. The Morgan fingerprint density at radius 1 is 1.00 bits per heavy atom. The summed E-state index contributed by atoms with van der Waals surface area (Å²) in [5.74, 6) is 0.181. The van der Waals surface area contributed by atoms with Crippen molar-refractivity contribution in [1.29, 1.82) is 0 Å². The summed E-state index contributed by atoms with van der Waals surface area (Å²) in [5, 5.41) is 2.87. The van der Waals surface area contributed by atoms with E-state index in [-0.39, 0.29) is 11.8 Å². The Kier molecular flexibility index (Phi) is 6.00. The van der Waals surface area contributed by atoms with Gasteiger partial charge in [-0.3, -0.25) is 9.59 Å². The maximum atomic E-state index is 13.0. The molecule has 2 amide bonds. The number of amides is 2. The molecule has 2 aromatic rings. The van der Waals surface area contributed by atoms with Crippen LogP contribution in [0.5, 0.6) is 0 Å². The molecule has 0 spiro atoms. The number of carbonyl (C=O) groups excluding carboxylic acids is 2. The maximum absolute atomic E-state index is 13.0. The highest BCUT2D eigenvalue weighted by molar-refractivity contribution is 6.09. The van der Waals surface area contributed by atoms with Crippen molar-refractivity contribution in [1.82, 2.24) is 14.9 Å². The molecule has 0 saturated carbocycles. The van der Waals surface area contributed by atoms with Gasteiger partial charge in [0.1, 0.15) is 5.41 Å². The average Bonchev–Trinajstić information content (AvgIpc) is 2.74. The Hall–Kier alpha value is -3.16. The van der Waals surface area contributed by atoms with Crippen molar-refractivity contribution in [3.63, 3.8) is 0 Å². The molecule has 3 rings (SSSR count). The van der Waals surface area contributed by atoms with E-state index < -0.39 is 5.41 Å². The highest BCUT2D eigenvalue weighted by Gasteiger charge is 2.40. The van der Waals surface area contributed by atoms with Crippen molar-refractivity contribution in [3.8, 4) is 0 Å². The van der Waals surface area contributed by atoms with Crippen LogP contribution in [0.1, 0.15) is 13.8 Å². The van der Waals surface area contributed by atoms with E-state index in [0.29, 0.717) is 37.8 Å². The van der Waals surface area contributed by atoms with Gasteiger partial charge in [-0.2, -0.15) is 0 Å². The van der Waals surface area contributed by atoms with Crippen molar-refractivity contribution >= 4 is 29.1 Å². The van der Waals surface area contributed by atoms with Crippen molar-refractivity contribution in [2.24, 2.45) is 5.41 Å². The van der Waals surface area contributed by atoms with Gasteiger partial charge < -0.3 is 20.0 Å². The Labute approximate surface area is 171 Å². The minimum Gasteiger partial charge on any atom is -0.378 e. The van der Waals surface area contributed by atoms with E-state index in [0.717, 1.165) is 5.69 Å². The summed E-state index contributed by atoms with van der Waals surface area (Å²) in [6, 6.07) is 9.31. The molecule has 0 aliphatic carbocycles. The molecule has 1 aromatic heterocycles. The largest absolute Gasteiger partial charge is 0.378 e. The van der Waals surface area contributed by atoms with Gasteiger partial charge in [0.25, 0.3) is 0 Å². The molecule has 2 heterocycles. The van der Waals surface area contributed by atoms with Crippen molar-refractivity contribution in [2.45, 2.75) is 13.8 Å². The minimum absolute atomic E-state index is 0.173. The summed E-state index contributed by atoms with van der Waals surface area (Å²) in [4.78, 5) is 40.2. The van der Waals surface area contributed by atoms with Crippen molar-refractivity contribution in [2.75, 3.05) is 55.4 Å². The SMILES string of the molecule is CN(C)c1ccc(NC(=O)C(C)(C)C(=O)N2CCN(c3ncccn3)CC2)cc1. The first-order chi connectivity index (χ1) is 13.8. The van der Waals surface area contributed by atoms with E-state index in [2.05, 4.69) is 15.3 Å². The van der Waals surface area contributed by atoms with Crippen LogP contribution in [-0.2, 0) is 9.59 Å². The zero-order valence-corrected chi connectivity index (χ0v) is 17.4. The lowest BCUT2D eigenvalue weighted by Crippen LogP contribution is -2.54. The first-order valence-corrected chi connectivity index (χ1v) is 9.69. The van der Waals surface area contributed by atoms with E-state index in [1.807, 2.05) is 48.2 Å². The van der Waals surface area contributed by atoms with E-state index in [1.54, 1.807) is 37.2 Å². The van der Waals surface area contributed by atoms with E-state index in [9.17, 15) is 9.59 Å². The van der Waals surface area contributed by atoms with Crippen LogP contribution < -0.4 is 15.1 Å². The fourth-order valence-electron chi connectivity index (χ4n) is 3.19. The molecular weight excluding hydrogens is 368 g/mol. The highest BCUT2D eigenvalue weighted by atomic mass is 16.2. The first kappa shape index (κ1) is 20.6. The Morgan fingerprint density at radius 2 is 1.59 bits per heavy atom. The first-order valence-electron chi connectivity index (χ1n) is 9.69. The fourth-order valence-corrected chi connectivity index (χ4v) is 3.19. The molecule has 0 bridgehead atoms. The van der Waals surface area contributed by atoms with Crippen LogP contribution in [0.15, 0.2) is 42.7 Å². The molecule has 8 heteroatoms. The third kappa shape index (κ3) is 4.64. The van der Waals surface area contributed by atoms with Crippen LogP contribution in [0.2, 0.25) is 0 Å². The van der Waals surface area contributed by atoms with E-state index in [4.69, 9.17) is 0 Å². The van der Waals surface area contributed by atoms with Crippen LogP contribution in [0.3, 0.4) is 0 Å². The number of anilines is 3. The van der Waals surface area contributed by atoms with Gasteiger partial charge in [-0.1, -0.05) is 0 Å². The van der Waals surface area contributed by atoms with Crippen LogP contribution in [0.4, 0.5) is 17.3 Å². The number of aromatic nitrogens is 2. The molecule has 1 aromatic carbocycles. The number of rotatable bonds is 5. The minimum atomic E-state index is -1.16. The van der Waals surface area contributed by atoms with Crippen LogP contribution in [0, 0.1) is 5.41 Å². The van der Waals surface area contributed by atoms with Crippen LogP contribution in [0.25, 0.3) is 0 Å². The summed E-state index contributed by atoms with van der Waals surface area (Å²) in [6.45, 7) is 5.69. The lowest BCUT2D eigenvalue weighted by molar-refractivity contribution is -0.146. The number of nitrogens with zero attached hydrogens (tertiary/aromatic N) is 5. The molecule has 0 atom stereocenters. The molecule has 8 nitrogen and oxygen atoms in total. The molecule has 1 saturated heterocycles. The van der Waals surface area contributed by atoms with Gasteiger partial charge in [-0.25, -0.2) is 9.97 Å². The van der Waals surface area contributed by atoms with E-state index >= 15 is 0 Å². The molecule has 154 valence electrons. The summed E-state index contributed by atoms with van der Waals surface area (Å²) in [6.07, 6.45) is 3.41. The predicted octanol–water partition coefficient (Wildman–Crippen LogP) is 1.86. The monoisotopic (exact) mass is 396 g/mol. The summed E-state index contributed by atoms with van der Waals surface area (Å²) < 4.78 is 0. The van der Waals surface area contributed by atoms with Crippen LogP contribution >= 0.6 is 0 Å². The smallest absolute Gasteiger partial charge is 0.239 e. The van der Waals surface area contributed by atoms with Gasteiger partial charge in [0.15, 0.2) is 0 Å². The molecule has 29 heavy (non-hydrogen) atoms. The third-order valence-corrected chi connectivity index (χ3v) is 5.15. The standard InChI is InChI=1S/C21H28N6O2/c1-21(2,18(28)24-16-6-8-17(9-7-16)25(3)4)19(29)26-12-14-27(15-13-26)20-22-10-5-11-23-20/h5-11H,12-15H2,1-4H3,(H,24,28). The number of nitrogens with one attached hydrogen (secondary N) is 1. The second-order valence-electron chi connectivity index (χ2n) is 7.85. The Bertz CT molecular complexity index is 843. The van der Waals surface area contributed by atoms with Gasteiger partial charge in [-0.15, -0.1) is 0 Å². The maximum Gasteiger partial charge on any atom is 0.239 e. The van der Waals surface area contributed by atoms with Gasteiger partial charge in [0.2, 0.25) is 17.8 Å². The molecular formula is C21H28N6O2. The highest BCUT2D eigenvalue weighted by Crippen LogP contribution is 2.24. The molecule has 1 aliphatic rings. The lowest BCUT2D eigenvalue weighted by atomic mass is 9.89. The quantitative estimate of drug-likeness (QED) is 0.777. The molecule has 0 unspecified atom stereocenters. The third-order valence-electron chi connectivity index (χ3n) is 5.15. The lowest BCUT2D eigenvalue weighted by Gasteiger charge is -2.38. The topological polar surface area (TPSA) is 81.7 Å². The Balaban J connectivity index is 1.59. The van der Waals surface area contributed by atoms with Gasteiger partial charge in [-0.05, 0) is 44.2 Å². The molecule has 1 fully saturated rings. The number of carbonyl (C=O) groups is 2. The van der Waals surface area contributed by atoms with Crippen LogP contribution in [-0.4, -0.2) is 67.0 Å². The average molecular weight is 396 g/mol. The predicted molar refractivity (Wildman–Crippen MR) is 114 cm³/mol. The number of hydrogen-bond acceptors (Lipinski definition) is 6. The zero-order chi connectivity index (χ0) is 21.0. The van der Waals surface area contributed by atoms with E-state index in [1.165, 1.54) is 0 Å². The van der Waals surface area contributed by atoms with Crippen molar-refractivity contribution in [3.05, 3.63) is 42.7 Å². The van der Waals surface area contributed by atoms with Gasteiger partial charge >= 0.3 is 0 Å². The number of benzene rings is 1. The second-order valence-corrected chi connectivity index (χ2v) is 7.85. The molecule has 1 N–H and O–H groups in total. The fraction of sp³-hybridized carbons (Fsp3) is 0.429. The summed E-state index contributed by atoms with van der Waals surface area (Å²) in [5.41, 5.74) is 0.553.